The molecule has 0 spiro atoms. The van der Waals surface area contributed by atoms with Gasteiger partial charge in [0.25, 0.3) is 5.91 Å². The molecule has 0 aliphatic rings. The maximum absolute atomic E-state index is 12.6. The number of carboxylic acids is 1. The molecule has 1 amide bonds. The van der Waals surface area contributed by atoms with Crippen molar-refractivity contribution >= 4 is 29.3 Å². The fraction of sp³-hybridized carbons (Fsp3) is 0.263. The maximum Gasteiger partial charge on any atom is 0.341 e. The second-order valence-electron chi connectivity index (χ2n) is 5.32. The van der Waals surface area contributed by atoms with Crippen molar-refractivity contribution in [3.63, 3.8) is 0 Å². The Balaban J connectivity index is 2.20. The van der Waals surface area contributed by atoms with Gasteiger partial charge >= 0.3 is 5.97 Å². The Bertz CT molecular complexity index is 778. The van der Waals surface area contributed by atoms with Crippen LogP contribution in [0.1, 0.15) is 22.8 Å². The molecular weight excluding hydrogens is 354 g/mol. The molecule has 0 aliphatic heterocycles. The summed E-state index contributed by atoms with van der Waals surface area (Å²) in [5, 5.41) is 11.6. The van der Waals surface area contributed by atoms with E-state index in [1.54, 1.807) is 30.8 Å². The molecule has 2 aromatic carbocycles. The van der Waals surface area contributed by atoms with Gasteiger partial charge in [-0.1, -0.05) is 18.2 Å². The first kappa shape index (κ1) is 19.7. The number of hydrogen-bond donors (Lipinski definition) is 2. The Morgan fingerprint density at radius 2 is 1.88 bits per heavy atom. The van der Waals surface area contributed by atoms with Crippen LogP contribution in [0, 0.1) is 0 Å². The molecule has 0 bridgehead atoms. The predicted molar refractivity (Wildman–Crippen MR) is 102 cm³/mol. The molecule has 0 unspecified atom stereocenters. The molecule has 138 valence electrons. The predicted octanol–water partition coefficient (Wildman–Crippen LogP) is 3.66. The molecule has 7 heteroatoms. The van der Waals surface area contributed by atoms with E-state index >= 15 is 0 Å². The second kappa shape index (κ2) is 9.72. The summed E-state index contributed by atoms with van der Waals surface area (Å²) in [5.74, 6) is 0.0548. The molecule has 0 fully saturated rings. The second-order valence-corrected chi connectivity index (χ2v) is 6.19. The lowest BCUT2D eigenvalue weighted by molar-refractivity contribution is -0.139. The minimum absolute atomic E-state index is 0.274. The van der Waals surface area contributed by atoms with Crippen LogP contribution in [0.15, 0.2) is 42.5 Å². The van der Waals surface area contributed by atoms with Crippen LogP contribution in [0.2, 0.25) is 0 Å². The highest BCUT2D eigenvalue weighted by molar-refractivity contribution is 7.97. The molecule has 0 heterocycles. The number of nitrogens with one attached hydrogen (secondary N) is 1. The summed E-state index contributed by atoms with van der Waals surface area (Å²) in [5.41, 5.74) is 2.20. The summed E-state index contributed by atoms with van der Waals surface area (Å²) in [6, 6.07) is 12.3. The van der Waals surface area contributed by atoms with Crippen molar-refractivity contribution in [2.75, 3.05) is 24.8 Å². The van der Waals surface area contributed by atoms with E-state index < -0.39 is 12.6 Å². The van der Waals surface area contributed by atoms with Crippen LogP contribution < -0.4 is 14.8 Å². The first-order chi connectivity index (χ1) is 12.5. The van der Waals surface area contributed by atoms with Gasteiger partial charge in [-0.05, 0) is 43.0 Å². The number of carbonyl (C=O) groups excluding carboxylic acids is 1. The zero-order chi connectivity index (χ0) is 18.9. The number of thioether (sulfide) groups is 1. The van der Waals surface area contributed by atoms with Crippen molar-refractivity contribution in [3.05, 3.63) is 53.6 Å². The first-order valence-electron chi connectivity index (χ1n) is 8.04. The highest BCUT2D eigenvalue weighted by Gasteiger charge is 2.14. The lowest BCUT2D eigenvalue weighted by atomic mass is 10.1. The number of carbonyl (C=O) groups is 2. The number of rotatable bonds is 9. The third-order valence-electron chi connectivity index (χ3n) is 3.42. The number of hydrogen-bond acceptors (Lipinski definition) is 5. The van der Waals surface area contributed by atoms with Crippen LogP contribution >= 0.6 is 11.8 Å². The van der Waals surface area contributed by atoms with Gasteiger partial charge in [-0.25, -0.2) is 4.79 Å². The number of amides is 1. The fourth-order valence-corrected chi connectivity index (χ4v) is 2.86. The smallest absolute Gasteiger partial charge is 0.341 e. The lowest BCUT2D eigenvalue weighted by Crippen LogP contribution is -2.14. The molecule has 6 nitrogen and oxygen atoms in total. The van der Waals surface area contributed by atoms with E-state index in [2.05, 4.69) is 5.32 Å². The highest BCUT2D eigenvalue weighted by atomic mass is 32.2. The number of carboxylic acid groups (broad SMARTS) is 1. The lowest BCUT2D eigenvalue weighted by Gasteiger charge is -2.13. The van der Waals surface area contributed by atoms with E-state index in [0.717, 1.165) is 17.0 Å². The number of benzene rings is 2. The normalized spacial score (nSPS) is 10.2. The van der Waals surface area contributed by atoms with Crippen LogP contribution in [0.3, 0.4) is 0 Å². The third kappa shape index (κ3) is 5.42. The van der Waals surface area contributed by atoms with Gasteiger partial charge in [-0.2, -0.15) is 11.8 Å². The molecule has 0 saturated heterocycles. The van der Waals surface area contributed by atoms with E-state index in [-0.39, 0.29) is 11.7 Å². The van der Waals surface area contributed by atoms with E-state index in [1.807, 2.05) is 30.5 Å². The average Bonchev–Trinajstić information content (AvgIpc) is 2.62. The van der Waals surface area contributed by atoms with E-state index in [9.17, 15) is 9.59 Å². The van der Waals surface area contributed by atoms with Gasteiger partial charge < -0.3 is 19.9 Å². The van der Waals surface area contributed by atoms with Crippen LogP contribution in [0.4, 0.5) is 5.69 Å². The highest BCUT2D eigenvalue weighted by Crippen LogP contribution is 2.29. The monoisotopic (exact) mass is 375 g/mol. The molecule has 2 aromatic rings. The zero-order valence-corrected chi connectivity index (χ0v) is 15.5. The third-order valence-corrected chi connectivity index (χ3v) is 4.02. The van der Waals surface area contributed by atoms with Crippen molar-refractivity contribution in [1.29, 1.82) is 0 Å². The van der Waals surface area contributed by atoms with Crippen molar-refractivity contribution in [2.45, 2.75) is 12.7 Å². The minimum atomic E-state index is -1.08. The summed E-state index contributed by atoms with van der Waals surface area (Å²) in [7, 11) is 0. The van der Waals surface area contributed by atoms with Gasteiger partial charge in [0, 0.05) is 17.0 Å². The molecular formula is C19H21NO5S. The molecule has 26 heavy (non-hydrogen) atoms. The minimum Gasteiger partial charge on any atom is -0.490 e. The van der Waals surface area contributed by atoms with Gasteiger partial charge in [0.05, 0.1) is 6.61 Å². The van der Waals surface area contributed by atoms with E-state index in [0.29, 0.717) is 17.9 Å². The van der Waals surface area contributed by atoms with Crippen molar-refractivity contribution < 1.29 is 24.2 Å². The Morgan fingerprint density at radius 1 is 1.12 bits per heavy atom. The summed E-state index contributed by atoms with van der Waals surface area (Å²) in [6.07, 6.45) is 2.00. The summed E-state index contributed by atoms with van der Waals surface area (Å²) < 4.78 is 10.7. The van der Waals surface area contributed by atoms with Crippen LogP contribution in [0.25, 0.3) is 0 Å². The summed E-state index contributed by atoms with van der Waals surface area (Å²) >= 11 is 1.67. The van der Waals surface area contributed by atoms with Gasteiger partial charge in [0.2, 0.25) is 0 Å². The Morgan fingerprint density at radius 3 is 2.58 bits per heavy atom. The van der Waals surface area contributed by atoms with E-state index in [1.165, 1.54) is 6.07 Å². The van der Waals surface area contributed by atoms with Gasteiger partial charge in [0.1, 0.15) is 0 Å². The van der Waals surface area contributed by atoms with Crippen molar-refractivity contribution in [1.82, 2.24) is 0 Å². The summed E-state index contributed by atoms with van der Waals surface area (Å²) in [4.78, 5) is 23.3. The van der Waals surface area contributed by atoms with Gasteiger partial charge in [-0.3, -0.25) is 4.79 Å². The van der Waals surface area contributed by atoms with Gasteiger partial charge in [0.15, 0.2) is 18.1 Å². The largest absolute Gasteiger partial charge is 0.490 e. The van der Waals surface area contributed by atoms with Crippen molar-refractivity contribution in [3.8, 4) is 11.5 Å². The molecule has 0 atom stereocenters. The number of para-hydroxylation sites is 1. The van der Waals surface area contributed by atoms with Gasteiger partial charge in [-0.15, -0.1) is 0 Å². The van der Waals surface area contributed by atoms with Crippen molar-refractivity contribution in [2.24, 2.45) is 0 Å². The number of aliphatic carboxylic acids is 1. The molecule has 0 radical (unpaired) electrons. The topological polar surface area (TPSA) is 84.9 Å². The molecule has 0 aromatic heterocycles. The Hall–Kier alpha value is -2.67. The quantitative estimate of drug-likeness (QED) is 0.696. The standard InChI is InChI=1S/C19H21NO5S/c1-3-24-17-10-13(8-9-16(17)25-11-18(21)22)19(23)20-15-7-5-4-6-14(15)12-26-2/h4-10H,3,11-12H2,1-2H3,(H,20,23)(H,21,22). The number of ether oxygens (including phenoxy) is 2. The molecule has 2 rings (SSSR count). The SMILES string of the molecule is CCOc1cc(C(=O)Nc2ccccc2CSC)ccc1OCC(=O)O. The van der Waals surface area contributed by atoms with E-state index in [4.69, 9.17) is 14.6 Å². The molecule has 0 aliphatic carbocycles. The first-order valence-corrected chi connectivity index (χ1v) is 9.44. The fourth-order valence-electron chi connectivity index (χ4n) is 2.29. The molecule has 0 saturated carbocycles. The summed E-state index contributed by atoms with van der Waals surface area (Å²) in [6.45, 7) is 1.69. The zero-order valence-electron chi connectivity index (χ0n) is 14.7. The maximum atomic E-state index is 12.6. The Kier molecular flexibility index (Phi) is 7.35. The van der Waals surface area contributed by atoms with Crippen LogP contribution in [-0.2, 0) is 10.5 Å². The number of anilines is 1. The van der Waals surface area contributed by atoms with Crippen LogP contribution in [0.5, 0.6) is 11.5 Å². The van der Waals surface area contributed by atoms with Crippen LogP contribution in [-0.4, -0.2) is 36.5 Å². The molecule has 2 N–H and O–H groups in total. The Labute approximate surface area is 156 Å². The average molecular weight is 375 g/mol.